The highest BCUT2D eigenvalue weighted by molar-refractivity contribution is 6.30. The van der Waals surface area contributed by atoms with Gasteiger partial charge in [0.05, 0.1) is 6.10 Å². The molecule has 1 aliphatic rings. The van der Waals surface area contributed by atoms with Crippen LogP contribution >= 0.6 is 36.4 Å². The molecular weight excluding hydrogens is 367 g/mol. The van der Waals surface area contributed by atoms with Crippen molar-refractivity contribution in [2.45, 2.75) is 31.4 Å². The number of aryl methyl sites for hydroxylation is 1. The first kappa shape index (κ1) is 21.1. The lowest BCUT2D eigenvalue weighted by atomic mass is 9.88. The van der Waals surface area contributed by atoms with E-state index in [-0.39, 0.29) is 24.8 Å². The molecule has 6 heteroatoms. The van der Waals surface area contributed by atoms with Crippen molar-refractivity contribution in [2.24, 2.45) is 0 Å². The van der Waals surface area contributed by atoms with E-state index in [0.29, 0.717) is 17.6 Å². The molecule has 0 radical (unpaired) electrons. The van der Waals surface area contributed by atoms with E-state index in [4.69, 9.17) is 17.3 Å². The molecule has 132 valence electrons. The summed E-state index contributed by atoms with van der Waals surface area (Å²) in [6, 6.07) is 13.9. The van der Waals surface area contributed by atoms with Gasteiger partial charge in [0.1, 0.15) is 0 Å². The lowest BCUT2D eigenvalue weighted by Gasteiger charge is -2.27. The van der Waals surface area contributed by atoms with E-state index in [1.165, 1.54) is 11.1 Å². The molecule has 0 saturated heterocycles. The van der Waals surface area contributed by atoms with Crippen LogP contribution in [-0.2, 0) is 12.8 Å². The highest BCUT2D eigenvalue weighted by Crippen LogP contribution is 2.24. The number of rotatable bonds is 4. The van der Waals surface area contributed by atoms with Gasteiger partial charge in [-0.05, 0) is 60.2 Å². The zero-order valence-electron chi connectivity index (χ0n) is 13.2. The van der Waals surface area contributed by atoms with E-state index in [9.17, 15) is 5.11 Å². The first-order valence-corrected chi connectivity index (χ1v) is 8.04. The van der Waals surface area contributed by atoms with E-state index >= 15 is 0 Å². The standard InChI is InChI=1S/C18H21ClN2O.2ClH/c19-15-3-1-2-13(8-15)18(22)11-21-17-7-5-12-4-6-16(20)9-14(12)10-17;;/h1-4,6,8-9,17-18,21-22H,5,7,10-11,20H2;2*1H/t17?,18-;;/m0../s1. The van der Waals surface area contributed by atoms with Gasteiger partial charge < -0.3 is 16.2 Å². The number of anilines is 1. The molecule has 24 heavy (non-hydrogen) atoms. The average molecular weight is 390 g/mol. The molecule has 0 bridgehead atoms. The zero-order chi connectivity index (χ0) is 15.5. The summed E-state index contributed by atoms with van der Waals surface area (Å²) in [6.45, 7) is 0.530. The number of hydrogen-bond donors (Lipinski definition) is 3. The number of nitrogens with one attached hydrogen (secondary N) is 1. The molecule has 0 amide bonds. The van der Waals surface area contributed by atoms with Crippen LogP contribution in [0.5, 0.6) is 0 Å². The molecule has 2 aromatic carbocycles. The molecule has 2 aromatic rings. The van der Waals surface area contributed by atoms with Gasteiger partial charge in [0, 0.05) is 23.3 Å². The maximum atomic E-state index is 10.3. The highest BCUT2D eigenvalue weighted by atomic mass is 35.5. The topological polar surface area (TPSA) is 58.3 Å². The lowest BCUT2D eigenvalue weighted by Crippen LogP contribution is -2.37. The first-order chi connectivity index (χ1) is 10.6. The van der Waals surface area contributed by atoms with Crippen molar-refractivity contribution < 1.29 is 5.11 Å². The molecule has 3 rings (SSSR count). The second kappa shape index (κ2) is 9.50. The molecule has 0 spiro atoms. The molecule has 0 heterocycles. The second-order valence-electron chi connectivity index (χ2n) is 5.95. The summed E-state index contributed by atoms with van der Waals surface area (Å²) in [4.78, 5) is 0. The summed E-state index contributed by atoms with van der Waals surface area (Å²) in [5.41, 5.74) is 10.2. The molecule has 1 unspecified atom stereocenters. The summed E-state index contributed by atoms with van der Waals surface area (Å²) < 4.78 is 0. The number of benzene rings is 2. The monoisotopic (exact) mass is 388 g/mol. The Bertz CT molecular complexity index is 666. The Kier molecular flexibility index (Phi) is 8.34. The van der Waals surface area contributed by atoms with Crippen molar-refractivity contribution in [2.75, 3.05) is 12.3 Å². The number of aliphatic hydroxyl groups is 1. The lowest BCUT2D eigenvalue weighted by molar-refractivity contribution is 0.168. The number of hydrogen-bond acceptors (Lipinski definition) is 3. The minimum Gasteiger partial charge on any atom is -0.399 e. The Labute approximate surface area is 160 Å². The normalized spacial score (nSPS) is 17.2. The van der Waals surface area contributed by atoms with Crippen molar-refractivity contribution >= 4 is 42.1 Å². The largest absolute Gasteiger partial charge is 0.399 e. The molecule has 0 aromatic heterocycles. The third-order valence-corrected chi connectivity index (χ3v) is 4.53. The molecule has 0 fully saturated rings. The predicted molar refractivity (Wildman–Crippen MR) is 106 cm³/mol. The number of fused-ring (bicyclic) bond motifs is 1. The van der Waals surface area contributed by atoms with Gasteiger partial charge in [-0.1, -0.05) is 29.8 Å². The molecular formula is C18H23Cl3N2O. The second-order valence-corrected chi connectivity index (χ2v) is 6.38. The van der Waals surface area contributed by atoms with Crippen LogP contribution in [0.4, 0.5) is 5.69 Å². The highest BCUT2D eigenvalue weighted by Gasteiger charge is 2.19. The van der Waals surface area contributed by atoms with Crippen molar-refractivity contribution in [1.29, 1.82) is 0 Å². The Morgan fingerprint density at radius 2 is 1.96 bits per heavy atom. The van der Waals surface area contributed by atoms with Gasteiger partial charge in [0.15, 0.2) is 0 Å². The fourth-order valence-electron chi connectivity index (χ4n) is 3.06. The van der Waals surface area contributed by atoms with E-state index in [2.05, 4.69) is 17.4 Å². The minimum atomic E-state index is -0.541. The van der Waals surface area contributed by atoms with E-state index in [1.54, 1.807) is 0 Å². The van der Waals surface area contributed by atoms with Crippen molar-refractivity contribution in [3.63, 3.8) is 0 Å². The van der Waals surface area contributed by atoms with Crippen molar-refractivity contribution in [3.05, 3.63) is 64.2 Å². The fourth-order valence-corrected chi connectivity index (χ4v) is 3.26. The van der Waals surface area contributed by atoms with Crippen molar-refractivity contribution in [1.82, 2.24) is 5.32 Å². The summed E-state index contributed by atoms with van der Waals surface area (Å²) in [5.74, 6) is 0. The maximum absolute atomic E-state index is 10.3. The number of halogens is 3. The van der Waals surface area contributed by atoms with Crippen LogP contribution in [0.25, 0.3) is 0 Å². The van der Waals surface area contributed by atoms with Crippen LogP contribution in [0.3, 0.4) is 0 Å². The fraction of sp³-hybridized carbons (Fsp3) is 0.333. The Morgan fingerprint density at radius 3 is 2.71 bits per heavy atom. The SMILES string of the molecule is Cl.Cl.Nc1ccc2c(c1)CC(NC[C@H](O)c1cccc(Cl)c1)CC2. The van der Waals surface area contributed by atoms with Crippen molar-refractivity contribution in [3.8, 4) is 0 Å². The Balaban J connectivity index is 0.00000144. The van der Waals surface area contributed by atoms with Gasteiger partial charge >= 0.3 is 0 Å². The third kappa shape index (κ3) is 5.27. The summed E-state index contributed by atoms with van der Waals surface area (Å²) >= 11 is 5.97. The summed E-state index contributed by atoms with van der Waals surface area (Å²) in [6.07, 6.45) is 2.56. The molecule has 0 aliphatic heterocycles. The van der Waals surface area contributed by atoms with Crippen LogP contribution in [0.15, 0.2) is 42.5 Å². The molecule has 1 aliphatic carbocycles. The minimum absolute atomic E-state index is 0. The maximum Gasteiger partial charge on any atom is 0.0914 e. The third-order valence-electron chi connectivity index (χ3n) is 4.29. The zero-order valence-corrected chi connectivity index (χ0v) is 15.6. The number of nitrogen functional groups attached to an aromatic ring is 1. The predicted octanol–water partition coefficient (Wildman–Crippen LogP) is 3.95. The van der Waals surface area contributed by atoms with E-state index < -0.39 is 6.10 Å². The van der Waals surface area contributed by atoms with Gasteiger partial charge in [-0.2, -0.15) is 0 Å². The average Bonchev–Trinajstić information content (AvgIpc) is 2.52. The quantitative estimate of drug-likeness (QED) is 0.694. The van der Waals surface area contributed by atoms with Gasteiger partial charge in [-0.25, -0.2) is 0 Å². The van der Waals surface area contributed by atoms with E-state index in [1.807, 2.05) is 30.3 Å². The molecule has 4 N–H and O–H groups in total. The Morgan fingerprint density at radius 1 is 1.17 bits per heavy atom. The Hall–Kier alpha value is -0.970. The number of aliphatic hydroxyl groups excluding tert-OH is 1. The first-order valence-electron chi connectivity index (χ1n) is 7.66. The van der Waals surface area contributed by atoms with Gasteiger partial charge in [-0.15, -0.1) is 24.8 Å². The van der Waals surface area contributed by atoms with Gasteiger partial charge in [-0.3, -0.25) is 0 Å². The molecule has 2 atom stereocenters. The summed E-state index contributed by atoms with van der Waals surface area (Å²) in [5, 5.41) is 14.4. The van der Waals surface area contributed by atoms with Crippen LogP contribution in [0.2, 0.25) is 5.02 Å². The summed E-state index contributed by atoms with van der Waals surface area (Å²) in [7, 11) is 0. The number of nitrogens with two attached hydrogens (primary N) is 1. The van der Waals surface area contributed by atoms with Gasteiger partial charge in [0.25, 0.3) is 0 Å². The van der Waals surface area contributed by atoms with Gasteiger partial charge in [0.2, 0.25) is 0 Å². The van der Waals surface area contributed by atoms with Crippen LogP contribution in [0.1, 0.15) is 29.2 Å². The van der Waals surface area contributed by atoms with Crippen LogP contribution in [0, 0.1) is 0 Å². The van der Waals surface area contributed by atoms with Crippen LogP contribution < -0.4 is 11.1 Å². The van der Waals surface area contributed by atoms with Crippen LogP contribution in [-0.4, -0.2) is 17.7 Å². The molecule has 0 saturated carbocycles. The van der Waals surface area contributed by atoms with E-state index in [0.717, 1.165) is 30.5 Å². The smallest absolute Gasteiger partial charge is 0.0914 e. The molecule has 3 nitrogen and oxygen atoms in total.